The number of para-hydroxylation sites is 1. The minimum absolute atomic E-state index is 0.136. The number of alkyl halides is 3. The molecule has 4 rings (SSSR count). The van der Waals surface area contributed by atoms with Crippen molar-refractivity contribution in [3.63, 3.8) is 0 Å². The summed E-state index contributed by atoms with van der Waals surface area (Å²) >= 11 is 0. The van der Waals surface area contributed by atoms with Crippen molar-refractivity contribution in [2.24, 2.45) is 5.92 Å². The molecule has 0 radical (unpaired) electrons. The van der Waals surface area contributed by atoms with Crippen molar-refractivity contribution < 1.29 is 32.6 Å². The number of urea groups is 1. The Labute approximate surface area is 243 Å². The van der Waals surface area contributed by atoms with Crippen molar-refractivity contribution in [2.75, 3.05) is 37.4 Å². The van der Waals surface area contributed by atoms with Gasteiger partial charge in [0.2, 0.25) is 0 Å². The number of halogens is 3. The molecule has 3 aromatic rings. The number of rotatable bonds is 8. The lowest BCUT2D eigenvalue weighted by atomic mass is 9.99. The summed E-state index contributed by atoms with van der Waals surface area (Å²) in [6.07, 6.45) is -4.88. The van der Waals surface area contributed by atoms with E-state index in [1.807, 2.05) is 44.3 Å². The number of carbonyl (C=O) groups is 2. The van der Waals surface area contributed by atoms with Crippen LogP contribution in [-0.2, 0) is 12.7 Å². The van der Waals surface area contributed by atoms with Gasteiger partial charge in [0.15, 0.2) is 5.75 Å². The van der Waals surface area contributed by atoms with Crippen LogP contribution in [0.4, 0.5) is 29.3 Å². The predicted octanol–water partition coefficient (Wildman–Crippen LogP) is 5.70. The summed E-state index contributed by atoms with van der Waals surface area (Å²) < 4.78 is 45.2. The van der Waals surface area contributed by atoms with Gasteiger partial charge in [0.05, 0.1) is 29.5 Å². The molecule has 3 N–H and O–H groups in total. The van der Waals surface area contributed by atoms with E-state index >= 15 is 0 Å². The summed E-state index contributed by atoms with van der Waals surface area (Å²) in [5, 5.41) is 15.1. The van der Waals surface area contributed by atoms with E-state index in [0.717, 1.165) is 29.8 Å². The largest absolute Gasteiger partial charge is 0.486 e. The number of carbonyl (C=O) groups excluding carboxylic acids is 2. The topological polar surface area (TPSA) is 94.1 Å². The number of nitrogens with zero attached hydrogens (tertiary/aromatic N) is 2. The zero-order chi connectivity index (χ0) is 30.4. The molecule has 0 saturated heterocycles. The maximum atomic E-state index is 13.7. The van der Waals surface area contributed by atoms with Crippen molar-refractivity contribution in [3.8, 4) is 5.75 Å². The van der Waals surface area contributed by atoms with E-state index in [9.17, 15) is 27.9 Å². The van der Waals surface area contributed by atoms with Gasteiger partial charge in [-0.3, -0.25) is 9.69 Å². The first kappa shape index (κ1) is 30.9. The van der Waals surface area contributed by atoms with Crippen molar-refractivity contribution >= 4 is 23.3 Å². The van der Waals surface area contributed by atoms with Crippen molar-refractivity contribution in [1.82, 2.24) is 9.80 Å². The Kier molecular flexibility index (Phi) is 9.74. The number of aliphatic hydroxyl groups is 1. The molecule has 0 spiro atoms. The Morgan fingerprint density at radius 2 is 1.76 bits per heavy atom. The summed E-state index contributed by atoms with van der Waals surface area (Å²) in [4.78, 5) is 30.3. The number of likely N-dealkylation sites (N-methyl/N-ethyl adjacent to an activating group) is 1. The van der Waals surface area contributed by atoms with E-state index < -0.39 is 23.8 Å². The van der Waals surface area contributed by atoms with Gasteiger partial charge in [0.1, 0.15) is 6.10 Å². The minimum atomic E-state index is -4.49. The van der Waals surface area contributed by atoms with E-state index in [1.165, 1.54) is 0 Å². The lowest BCUT2D eigenvalue weighted by Crippen LogP contribution is -2.49. The van der Waals surface area contributed by atoms with Crippen LogP contribution in [0.3, 0.4) is 0 Å². The van der Waals surface area contributed by atoms with E-state index in [0.29, 0.717) is 19.6 Å². The van der Waals surface area contributed by atoms with Gasteiger partial charge in [-0.25, -0.2) is 4.79 Å². The molecule has 1 aliphatic rings. The Morgan fingerprint density at radius 3 is 2.40 bits per heavy atom. The van der Waals surface area contributed by atoms with Gasteiger partial charge < -0.3 is 25.4 Å². The van der Waals surface area contributed by atoms with Crippen LogP contribution in [0.5, 0.6) is 5.75 Å². The zero-order valence-electron chi connectivity index (χ0n) is 23.7. The molecule has 0 aromatic heterocycles. The fraction of sp³-hybridized carbons (Fsp3) is 0.355. The number of hydrogen-bond donors (Lipinski definition) is 3. The second-order valence-corrected chi connectivity index (χ2v) is 10.6. The third-order valence-electron chi connectivity index (χ3n) is 7.20. The molecule has 0 fully saturated rings. The first-order chi connectivity index (χ1) is 20.0. The molecular formula is C31H35F3N4O4. The standard InChI is InChI=1S/C31H35F3N4O4/c1-20-16-38(21(2)19-39)29(40)25-10-7-11-26(36-30(41)35-24-14-12-23(13-15-24)31(32,33)34)28(25)42-27(20)18-37(3)17-22-8-5-4-6-9-22/h4-15,20-21,27,39H,16-19H2,1-3H3,(H2,35,36,41)/t20-,21-,27-/m1/s1. The molecule has 3 atom stereocenters. The number of nitrogens with one attached hydrogen (secondary N) is 2. The van der Waals surface area contributed by atoms with Gasteiger partial charge in [0.25, 0.3) is 5.91 Å². The molecule has 3 aromatic carbocycles. The molecular weight excluding hydrogens is 549 g/mol. The summed E-state index contributed by atoms with van der Waals surface area (Å²) in [5.74, 6) is -0.297. The average Bonchev–Trinajstić information content (AvgIpc) is 2.95. The van der Waals surface area contributed by atoms with Crippen LogP contribution in [0, 0.1) is 5.92 Å². The van der Waals surface area contributed by atoms with Crippen LogP contribution >= 0.6 is 0 Å². The first-order valence-electron chi connectivity index (χ1n) is 13.7. The highest BCUT2D eigenvalue weighted by Gasteiger charge is 2.35. The Balaban J connectivity index is 1.60. The molecule has 0 bridgehead atoms. The highest BCUT2D eigenvalue weighted by molar-refractivity contribution is 6.04. The van der Waals surface area contributed by atoms with E-state index in [4.69, 9.17) is 4.74 Å². The number of hydrogen-bond acceptors (Lipinski definition) is 5. The molecule has 42 heavy (non-hydrogen) atoms. The summed E-state index contributed by atoms with van der Waals surface area (Å²) in [5.41, 5.74) is 0.918. The molecule has 0 unspecified atom stereocenters. The minimum Gasteiger partial charge on any atom is -0.486 e. The molecule has 0 saturated carbocycles. The maximum absolute atomic E-state index is 13.7. The lowest BCUT2D eigenvalue weighted by molar-refractivity contribution is -0.137. The maximum Gasteiger partial charge on any atom is 0.416 e. The van der Waals surface area contributed by atoms with Gasteiger partial charge in [0, 0.05) is 31.2 Å². The number of amides is 3. The molecule has 1 aliphatic heterocycles. The van der Waals surface area contributed by atoms with Crippen LogP contribution in [0.1, 0.15) is 35.3 Å². The second-order valence-electron chi connectivity index (χ2n) is 10.6. The quantitative estimate of drug-likeness (QED) is 0.316. The highest BCUT2D eigenvalue weighted by Crippen LogP contribution is 2.35. The Morgan fingerprint density at radius 1 is 1.07 bits per heavy atom. The van der Waals surface area contributed by atoms with Crippen molar-refractivity contribution in [1.29, 1.82) is 0 Å². The SMILES string of the molecule is C[C@@H]1CN([C@H](C)CO)C(=O)c2cccc(NC(=O)Nc3ccc(C(F)(F)F)cc3)c2O[C@@H]1CN(C)Cc1ccccc1. The number of anilines is 2. The summed E-state index contributed by atoms with van der Waals surface area (Å²) in [6, 6.07) is 17.7. The van der Waals surface area contributed by atoms with Gasteiger partial charge in [-0.1, -0.05) is 43.3 Å². The van der Waals surface area contributed by atoms with E-state index in [1.54, 1.807) is 30.0 Å². The van der Waals surface area contributed by atoms with Gasteiger partial charge in [-0.15, -0.1) is 0 Å². The van der Waals surface area contributed by atoms with E-state index in [2.05, 4.69) is 15.5 Å². The average molecular weight is 585 g/mol. The molecule has 8 nitrogen and oxygen atoms in total. The van der Waals surface area contributed by atoms with Crippen molar-refractivity contribution in [3.05, 3.63) is 89.5 Å². The van der Waals surface area contributed by atoms with Crippen molar-refractivity contribution in [2.45, 2.75) is 38.7 Å². The number of benzene rings is 3. The number of aliphatic hydroxyl groups excluding tert-OH is 1. The second kappa shape index (κ2) is 13.3. The molecule has 224 valence electrons. The van der Waals surface area contributed by atoms with Gasteiger partial charge >= 0.3 is 12.2 Å². The lowest BCUT2D eigenvalue weighted by Gasteiger charge is -2.38. The third kappa shape index (κ3) is 7.59. The molecule has 1 heterocycles. The van der Waals surface area contributed by atoms with Crippen LogP contribution in [-0.4, -0.2) is 65.7 Å². The van der Waals surface area contributed by atoms with Crippen LogP contribution in [0.25, 0.3) is 0 Å². The first-order valence-corrected chi connectivity index (χ1v) is 13.7. The van der Waals surface area contributed by atoms with Crippen LogP contribution < -0.4 is 15.4 Å². The third-order valence-corrected chi connectivity index (χ3v) is 7.20. The Bertz CT molecular complexity index is 1370. The summed E-state index contributed by atoms with van der Waals surface area (Å²) in [6.45, 7) is 5.06. The molecule has 3 amide bonds. The van der Waals surface area contributed by atoms with Crippen LogP contribution in [0.15, 0.2) is 72.8 Å². The Hall–Kier alpha value is -4.09. The smallest absolute Gasteiger partial charge is 0.416 e. The highest BCUT2D eigenvalue weighted by atomic mass is 19.4. The summed E-state index contributed by atoms with van der Waals surface area (Å²) in [7, 11) is 1.98. The van der Waals surface area contributed by atoms with Crippen LogP contribution in [0.2, 0.25) is 0 Å². The fourth-order valence-electron chi connectivity index (χ4n) is 4.85. The monoisotopic (exact) mass is 584 g/mol. The normalized spacial score (nSPS) is 18.0. The fourth-order valence-corrected chi connectivity index (χ4v) is 4.85. The predicted molar refractivity (Wildman–Crippen MR) is 154 cm³/mol. The molecule has 0 aliphatic carbocycles. The zero-order valence-corrected chi connectivity index (χ0v) is 23.7. The number of fused-ring (bicyclic) bond motifs is 1. The van der Waals surface area contributed by atoms with Gasteiger partial charge in [-0.2, -0.15) is 13.2 Å². The van der Waals surface area contributed by atoms with Gasteiger partial charge in [-0.05, 0) is 55.9 Å². The number of ether oxygens (including phenoxy) is 1. The molecule has 11 heteroatoms. The van der Waals surface area contributed by atoms with E-state index in [-0.39, 0.29) is 47.2 Å².